The number of anilines is 1. The highest BCUT2D eigenvalue weighted by Gasteiger charge is 2.10. The summed E-state index contributed by atoms with van der Waals surface area (Å²) >= 11 is 0. The summed E-state index contributed by atoms with van der Waals surface area (Å²) < 4.78 is 35.0. The van der Waals surface area contributed by atoms with Crippen LogP contribution in [0.3, 0.4) is 0 Å². The lowest BCUT2D eigenvalue weighted by Crippen LogP contribution is -2.16. The van der Waals surface area contributed by atoms with E-state index < -0.39 is 10.1 Å². The summed E-state index contributed by atoms with van der Waals surface area (Å²) in [5.41, 5.74) is 2.45. The minimum absolute atomic E-state index is 0.0278. The van der Waals surface area contributed by atoms with Gasteiger partial charge in [0, 0.05) is 5.69 Å². The fourth-order valence-electron chi connectivity index (χ4n) is 2.37. The van der Waals surface area contributed by atoms with E-state index in [1.165, 1.54) is 6.07 Å². The van der Waals surface area contributed by atoms with Crippen LogP contribution in [-0.2, 0) is 26.3 Å². The molecule has 0 fully saturated rings. The van der Waals surface area contributed by atoms with Crippen LogP contribution in [-0.4, -0.2) is 25.5 Å². The molecule has 0 aliphatic rings. The summed E-state index contributed by atoms with van der Waals surface area (Å²) in [7, 11) is -4.03. The number of nitrogens with one attached hydrogen (secondary N) is 1. The highest BCUT2D eigenvalue weighted by Crippen LogP contribution is 2.12. The Labute approximate surface area is 170 Å². The lowest BCUT2D eigenvalue weighted by molar-refractivity contribution is -0.142. The average Bonchev–Trinajstić information content (AvgIpc) is 2.72. The number of aryl methyl sites for hydroxylation is 1. The van der Waals surface area contributed by atoms with Gasteiger partial charge >= 0.3 is 5.97 Å². The van der Waals surface area contributed by atoms with Crippen LogP contribution in [0.5, 0.6) is 0 Å². The van der Waals surface area contributed by atoms with Gasteiger partial charge in [0.25, 0.3) is 10.1 Å². The Morgan fingerprint density at radius 1 is 0.897 bits per heavy atom. The zero-order valence-electron chi connectivity index (χ0n) is 16.0. The van der Waals surface area contributed by atoms with Crippen molar-refractivity contribution in [1.82, 2.24) is 0 Å². The number of ether oxygens (including phenoxy) is 1. The standard InChI is InChI=1S/C15H15NO2.C7H8O3S/c17-15(11-16-14-9-5-2-6-10-14)18-12-13-7-3-1-4-8-13;1-6-4-2-3-5-7(6)11(8,9)10/h1-10,16H,11-12H2;2-5H,1H3,(H,8,9,10). The maximum atomic E-state index is 11.5. The predicted octanol–water partition coefficient (Wildman–Crippen LogP) is 4.08. The molecule has 0 aromatic heterocycles. The van der Waals surface area contributed by atoms with Crippen LogP contribution in [0.4, 0.5) is 5.69 Å². The molecule has 0 bridgehead atoms. The van der Waals surface area contributed by atoms with Gasteiger partial charge in [0.05, 0.1) is 4.90 Å². The van der Waals surface area contributed by atoms with Crippen LogP contribution in [0, 0.1) is 6.92 Å². The zero-order valence-corrected chi connectivity index (χ0v) is 16.8. The topological polar surface area (TPSA) is 92.7 Å². The Morgan fingerprint density at radius 3 is 2.00 bits per heavy atom. The molecule has 2 N–H and O–H groups in total. The van der Waals surface area contributed by atoms with Crippen molar-refractivity contribution in [2.45, 2.75) is 18.4 Å². The van der Waals surface area contributed by atoms with Gasteiger partial charge in [-0.25, -0.2) is 0 Å². The molecule has 6 nitrogen and oxygen atoms in total. The van der Waals surface area contributed by atoms with E-state index >= 15 is 0 Å². The van der Waals surface area contributed by atoms with Crippen molar-refractivity contribution < 1.29 is 22.5 Å². The molecular formula is C22H23NO5S. The normalized spacial score (nSPS) is 10.4. The molecule has 0 saturated heterocycles. The van der Waals surface area contributed by atoms with Crippen LogP contribution < -0.4 is 5.32 Å². The van der Waals surface area contributed by atoms with Crippen LogP contribution >= 0.6 is 0 Å². The second kappa shape index (κ2) is 11.0. The van der Waals surface area contributed by atoms with Crippen molar-refractivity contribution in [3.63, 3.8) is 0 Å². The number of para-hydroxylation sites is 1. The van der Waals surface area contributed by atoms with E-state index in [1.807, 2.05) is 60.7 Å². The molecule has 3 rings (SSSR count). The van der Waals surface area contributed by atoms with Gasteiger partial charge in [-0.2, -0.15) is 8.42 Å². The summed E-state index contributed by atoms with van der Waals surface area (Å²) in [6, 6.07) is 25.5. The smallest absolute Gasteiger partial charge is 0.325 e. The maximum Gasteiger partial charge on any atom is 0.325 e. The fraction of sp³-hybridized carbons (Fsp3) is 0.136. The predicted molar refractivity (Wildman–Crippen MR) is 112 cm³/mol. The quantitative estimate of drug-likeness (QED) is 0.467. The van der Waals surface area contributed by atoms with E-state index in [-0.39, 0.29) is 17.4 Å². The molecule has 0 amide bonds. The molecule has 0 radical (unpaired) electrons. The third-order valence-electron chi connectivity index (χ3n) is 3.82. The SMILES string of the molecule is Cc1ccccc1S(=O)(=O)O.O=C(CNc1ccccc1)OCc1ccccc1. The first-order chi connectivity index (χ1) is 13.9. The summed E-state index contributed by atoms with van der Waals surface area (Å²) in [6.45, 7) is 2.12. The molecule has 3 aromatic rings. The largest absolute Gasteiger partial charge is 0.460 e. The molecule has 0 atom stereocenters. The zero-order chi connectivity index (χ0) is 21.1. The lowest BCUT2D eigenvalue weighted by Gasteiger charge is -2.07. The van der Waals surface area contributed by atoms with Gasteiger partial charge in [0.15, 0.2) is 0 Å². The lowest BCUT2D eigenvalue weighted by atomic mass is 10.2. The maximum absolute atomic E-state index is 11.5. The van der Waals surface area contributed by atoms with Crippen molar-refractivity contribution >= 4 is 21.8 Å². The molecule has 0 aliphatic carbocycles. The first-order valence-electron chi connectivity index (χ1n) is 8.88. The van der Waals surface area contributed by atoms with Crippen molar-refractivity contribution in [3.05, 3.63) is 96.1 Å². The second-order valence-corrected chi connectivity index (χ2v) is 7.50. The number of esters is 1. The Morgan fingerprint density at radius 2 is 1.45 bits per heavy atom. The highest BCUT2D eigenvalue weighted by molar-refractivity contribution is 7.85. The molecule has 0 heterocycles. The number of carbonyl (C=O) groups is 1. The first kappa shape index (κ1) is 22.1. The molecule has 3 aromatic carbocycles. The van der Waals surface area contributed by atoms with Gasteiger partial charge in [-0.3, -0.25) is 9.35 Å². The summed E-state index contributed by atoms with van der Waals surface area (Å²) in [5, 5.41) is 3.01. The molecule has 0 saturated carbocycles. The van der Waals surface area contributed by atoms with Gasteiger partial charge in [-0.1, -0.05) is 66.7 Å². The molecule has 0 aliphatic heterocycles. The monoisotopic (exact) mass is 413 g/mol. The van der Waals surface area contributed by atoms with Crippen LogP contribution in [0.25, 0.3) is 0 Å². The molecule has 29 heavy (non-hydrogen) atoms. The first-order valence-corrected chi connectivity index (χ1v) is 10.3. The Kier molecular flexibility index (Phi) is 8.39. The molecule has 0 unspecified atom stereocenters. The summed E-state index contributed by atoms with van der Waals surface area (Å²) in [5.74, 6) is -0.261. The highest BCUT2D eigenvalue weighted by atomic mass is 32.2. The fourth-order valence-corrected chi connectivity index (χ4v) is 3.09. The number of carbonyl (C=O) groups excluding carboxylic acids is 1. The van der Waals surface area contributed by atoms with Gasteiger partial charge in [-0.15, -0.1) is 0 Å². The average molecular weight is 413 g/mol. The van der Waals surface area contributed by atoms with Crippen molar-refractivity contribution in [1.29, 1.82) is 0 Å². The Balaban J connectivity index is 0.000000234. The number of hydrogen-bond acceptors (Lipinski definition) is 5. The van der Waals surface area contributed by atoms with Gasteiger partial charge in [-0.05, 0) is 36.2 Å². The van der Waals surface area contributed by atoms with Crippen molar-refractivity contribution in [2.75, 3.05) is 11.9 Å². The second-order valence-electron chi connectivity index (χ2n) is 6.11. The molecule has 0 spiro atoms. The summed E-state index contributed by atoms with van der Waals surface area (Å²) in [4.78, 5) is 11.5. The Bertz CT molecular complexity index is 960. The summed E-state index contributed by atoms with van der Waals surface area (Å²) in [6.07, 6.45) is 0. The third-order valence-corrected chi connectivity index (χ3v) is 4.84. The Hall–Kier alpha value is -3.16. The number of benzene rings is 3. The van der Waals surface area contributed by atoms with E-state index in [1.54, 1.807) is 25.1 Å². The minimum Gasteiger partial charge on any atom is -0.460 e. The molecule has 7 heteroatoms. The van der Waals surface area contributed by atoms with E-state index in [0.717, 1.165) is 11.3 Å². The van der Waals surface area contributed by atoms with Gasteiger partial charge < -0.3 is 10.1 Å². The van der Waals surface area contributed by atoms with E-state index in [0.29, 0.717) is 12.2 Å². The number of hydrogen-bond donors (Lipinski definition) is 2. The van der Waals surface area contributed by atoms with E-state index in [2.05, 4.69) is 5.32 Å². The van der Waals surface area contributed by atoms with Crippen LogP contribution in [0.15, 0.2) is 89.8 Å². The van der Waals surface area contributed by atoms with Crippen molar-refractivity contribution in [2.24, 2.45) is 0 Å². The molecule has 152 valence electrons. The van der Waals surface area contributed by atoms with Gasteiger partial charge in [0.2, 0.25) is 0 Å². The third kappa shape index (κ3) is 8.16. The van der Waals surface area contributed by atoms with Crippen molar-refractivity contribution in [3.8, 4) is 0 Å². The minimum atomic E-state index is -4.03. The van der Waals surface area contributed by atoms with Crippen LogP contribution in [0.2, 0.25) is 0 Å². The number of rotatable bonds is 6. The molecular weight excluding hydrogens is 390 g/mol. The van der Waals surface area contributed by atoms with E-state index in [9.17, 15) is 13.2 Å². The van der Waals surface area contributed by atoms with Gasteiger partial charge in [0.1, 0.15) is 13.2 Å². The van der Waals surface area contributed by atoms with E-state index in [4.69, 9.17) is 9.29 Å². The van der Waals surface area contributed by atoms with Crippen LogP contribution in [0.1, 0.15) is 11.1 Å².